The molecule has 0 spiro atoms. The first-order valence-corrected chi connectivity index (χ1v) is 7.66. The number of hydrogen-bond donors (Lipinski definition) is 1. The highest BCUT2D eigenvalue weighted by Crippen LogP contribution is 2.34. The van der Waals surface area contributed by atoms with E-state index in [1.54, 1.807) is 14.2 Å². The molecular weight excluding hydrogens is 290 g/mol. The Labute approximate surface area is 135 Å². The number of nitrogens with two attached hydrogens (primary N) is 1. The zero-order chi connectivity index (χ0) is 16.2. The van der Waals surface area contributed by atoms with Gasteiger partial charge in [-0.1, -0.05) is 30.3 Å². The SMILES string of the molecule is COc1cc2nc(-c3ccccc3)n(CCCN)c2cc1OC. The van der Waals surface area contributed by atoms with Crippen LogP contribution in [0.15, 0.2) is 42.5 Å². The van der Waals surface area contributed by atoms with Gasteiger partial charge in [0.2, 0.25) is 0 Å². The lowest BCUT2D eigenvalue weighted by atomic mass is 10.2. The molecule has 3 aromatic rings. The van der Waals surface area contributed by atoms with Crippen LogP contribution in [0.3, 0.4) is 0 Å². The number of methoxy groups -OCH3 is 2. The molecule has 0 fully saturated rings. The molecule has 0 aliphatic carbocycles. The highest BCUT2D eigenvalue weighted by atomic mass is 16.5. The molecule has 23 heavy (non-hydrogen) atoms. The third-order valence-corrected chi connectivity index (χ3v) is 3.87. The van der Waals surface area contributed by atoms with Crippen molar-refractivity contribution in [2.75, 3.05) is 20.8 Å². The van der Waals surface area contributed by atoms with Crippen molar-refractivity contribution in [1.82, 2.24) is 9.55 Å². The molecular formula is C18H21N3O2. The van der Waals surface area contributed by atoms with Crippen molar-refractivity contribution in [2.24, 2.45) is 5.73 Å². The minimum Gasteiger partial charge on any atom is -0.493 e. The Kier molecular flexibility index (Phi) is 4.48. The molecule has 5 heteroatoms. The van der Waals surface area contributed by atoms with Crippen LogP contribution < -0.4 is 15.2 Å². The van der Waals surface area contributed by atoms with E-state index in [4.69, 9.17) is 20.2 Å². The van der Waals surface area contributed by atoms with Crippen molar-refractivity contribution in [1.29, 1.82) is 0 Å². The van der Waals surface area contributed by atoms with Crippen molar-refractivity contribution in [3.8, 4) is 22.9 Å². The first-order valence-electron chi connectivity index (χ1n) is 7.66. The van der Waals surface area contributed by atoms with Crippen LogP contribution in [0.2, 0.25) is 0 Å². The van der Waals surface area contributed by atoms with Gasteiger partial charge in [0.25, 0.3) is 0 Å². The van der Waals surface area contributed by atoms with Gasteiger partial charge in [0.1, 0.15) is 5.82 Å². The summed E-state index contributed by atoms with van der Waals surface area (Å²) in [5, 5.41) is 0. The van der Waals surface area contributed by atoms with E-state index in [1.165, 1.54) is 0 Å². The van der Waals surface area contributed by atoms with Crippen molar-refractivity contribution in [2.45, 2.75) is 13.0 Å². The van der Waals surface area contributed by atoms with E-state index in [-0.39, 0.29) is 0 Å². The molecule has 0 saturated heterocycles. The van der Waals surface area contributed by atoms with E-state index in [0.717, 1.165) is 35.4 Å². The monoisotopic (exact) mass is 311 g/mol. The average molecular weight is 311 g/mol. The van der Waals surface area contributed by atoms with Gasteiger partial charge in [-0.05, 0) is 13.0 Å². The Balaban J connectivity index is 2.22. The molecule has 2 N–H and O–H groups in total. The zero-order valence-corrected chi connectivity index (χ0v) is 13.5. The summed E-state index contributed by atoms with van der Waals surface area (Å²) in [5.74, 6) is 2.32. The fourth-order valence-corrected chi connectivity index (χ4v) is 2.74. The number of rotatable bonds is 6. The summed E-state index contributed by atoms with van der Waals surface area (Å²) < 4.78 is 13.0. The number of imidazole rings is 1. The van der Waals surface area contributed by atoms with E-state index in [9.17, 15) is 0 Å². The molecule has 0 atom stereocenters. The van der Waals surface area contributed by atoms with Crippen molar-refractivity contribution in [3.05, 3.63) is 42.5 Å². The molecule has 0 saturated carbocycles. The summed E-state index contributed by atoms with van der Waals surface area (Å²) in [4.78, 5) is 4.81. The van der Waals surface area contributed by atoms with Gasteiger partial charge in [-0.25, -0.2) is 4.98 Å². The van der Waals surface area contributed by atoms with E-state index >= 15 is 0 Å². The van der Waals surface area contributed by atoms with Gasteiger partial charge in [-0.15, -0.1) is 0 Å². The Hall–Kier alpha value is -2.53. The van der Waals surface area contributed by atoms with Crippen LogP contribution >= 0.6 is 0 Å². The molecule has 0 aliphatic heterocycles. The third kappa shape index (κ3) is 2.87. The highest BCUT2D eigenvalue weighted by molar-refractivity contribution is 5.84. The Morgan fingerprint density at radius 2 is 1.74 bits per heavy atom. The van der Waals surface area contributed by atoms with Gasteiger partial charge >= 0.3 is 0 Å². The summed E-state index contributed by atoms with van der Waals surface area (Å²) >= 11 is 0. The van der Waals surface area contributed by atoms with Crippen LogP contribution in [-0.2, 0) is 6.54 Å². The second-order valence-electron chi connectivity index (χ2n) is 5.29. The van der Waals surface area contributed by atoms with Crippen LogP contribution in [0.25, 0.3) is 22.4 Å². The summed E-state index contributed by atoms with van der Waals surface area (Å²) in [6, 6.07) is 14.1. The molecule has 3 rings (SSSR count). The summed E-state index contributed by atoms with van der Waals surface area (Å²) in [6.45, 7) is 1.45. The van der Waals surface area contributed by atoms with Gasteiger partial charge in [-0.3, -0.25) is 0 Å². The summed E-state index contributed by atoms with van der Waals surface area (Å²) in [7, 11) is 3.27. The summed E-state index contributed by atoms with van der Waals surface area (Å²) in [5.41, 5.74) is 8.69. The normalized spacial score (nSPS) is 10.9. The lowest BCUT2D eigenvalue weighted by Crippen LogP contribution is -2.07. The van der Waals surface area contributed by atoms with Gasteiger partial charge in [0, 0.05) is 24.2 Å². The largest absolute Gasteiger partial charge is 0.493 e. The maximum Gasteiger partial charge on any atom is 0.163 e. The average Bonchev–Trinajstić information content (AvgIpc) is 2.96. The first kappa shape index (κ1) is 15.4. The molecule has 0 amide bonds. The molecule has 1 heterocycles. The maximum absolute atomic E-state index is 5.70. The minimum atomic E-state index is 0.640. The van der Waals surface area contributed by atoms with Gasteiger partial charge in [-0.2, -0.15) is 0 Å². The van der Waals surface area contributed by atoms with Gasteiger partial charge in [0.05, 0.1) is 25.3 Å². The molecule has 0 unspecified atom stereocenters. The highest BCUT2D eigenvalue weighted by Gasteiger charge is 2.16. The number of benzene rings is 2. The molecule has 2 aromatic carbocycles. The van der Waals surface area contributed by atoms with E-state index in [1.807, 2.05) is 30.3 Å². The zero-order valence-electron chi connectivity index (χ0n) is 13.5. The molecule has 120 valence electrons. The molecule has 5 nitrogen and oxygen atoms in total. The van der Waals surface area contributed by atoms with Crippen molar-refractivity contribution >= 4 is 11.0 Å². The van der Waals surface area contributed by atoms with Crippen LogP contribution in [0.5, 0.6) is 11.5 Å². The standard InChI is InChI=1S/C18H21N3O2/c1-22-16-11-14-15(12-17(16)23-2)21(10-6-9-19)18(20-14)13-7-4-3-5-8-13/h3-5,7-8,11-12H,6,9-10,19H2,1-2H3. The quantitative estimate of drug-likeness (QED) is 0.760. The number of fused-ring (bicyclic) bond motifs is 1. The van der Waals surface area contributed by atoms with Crippen LogP contribution in [0.1, 0.15) is 6.42 Å². The molecule has 1 aromatic heterocycles. The minimum absolute atomic E-state index is 0.640. The van der Waals surface area contributed by atoms with Crippen molar-refractivity contribution < 1.29 is 9.47 Å². The fourth-order valence-electron chi connectivity index (χ4n) is 2.74. The fraction of sp³-hybridized carbons (Fsp3) is 0.278. The number of ether oxygens (including phenoxy) is 2. The van der Waals surface area contributed by atoms with Crippen molar-refractivity contribution in [3.63, 3.8) is 0 Å². The molecule has 0 aliphatic rings. The Morgan fingerprint density at radius 3 is 2.39 bits per heavy atom. The maximum atomic E-state index is 5.70. The third-order valence-electron chi connectivity index (χ3n) is 3.87. The molecule has 0 radical (unpaired) electrons. The lowest BCUT2D eigenvalue weighted by Gasteiger charge is -2.10. The number of aromatic nitrogens is 2. The second-order valence-corrected chi connectivity index (χ2v) is 5.29. The van der Waals surface area contributed by atoms with Crippen LogP contribution in [-0.4, -0.2) is 30.3 Å². The predicted molar refractivity (Wildman–Crippen MR) is 91.9 cm³/mol. The number of aryl methyl sites for hydroxylation is 1. The summed E-state index contributed by atoms with van der Waals surface area (Å²) in [6.07, 6.45) is 0.889. The van der Waals surface area contributed by atoms with Crippen LogP contribution in [0.4, 0.5) is 0 Å². The Morgan fingerprint density at radius 1 is 1.04 bits per heavy atom. The van der Waals surface area contributed by atoms with Gasteiger partial charge in [0.15, 0.2) is 11.5 Å². The second kappa shape index (κ2) is 6.71. The van der Waals surface area contributed by atoms with E-state index < -0.39 is 0 Å². The topological polar surface area (TPSA) is 62.3 Å². The van der Waals surface area contributed by atoms with Gasteiger partial charge < -0.3 is 19.8 Å². The molecule has 0 bridgehead atoms. The predicted octanol–water partition coefficient (Wildman–Crippen LogP) is 3.07. The van der Waals surface area contributed by atoms with E-state index in [0.29, 0.717) is 18.0 Å². The Bertz CT molecular complexity index is 797. The lowest BCUT2D eigenvalue weighted by molar-refractivity contribution is 0.355. The number of hydrogen-bond acceptors (Lipinski definition) is 4. The number of nitrogens with zero attached hydrogens (tertiary/aromatic N) is 2. The van der Waals surface area contributed by atoms with Crippen LogP contribution in [0, 0.1) is 0 Å². The first-order chi connectivity index (χ1) is 11.3. The van der Waals surface area contributed by atoms with E-state index in [2.05, 4.69) is 16.7 Å². The smallest absolute Gasteiger partial charge is 0.163 e.